The minimum absolute atomic E-state index is 0.0105. The number of anilines is 1. The molecule has 0 aliphatic carbocycles. The third-order valence-corrected chi connectivity index (χ3v) is 6.86. The molecule has 0 saturated carbocycles. The van der Waals surface area contributed by atoms with Crippen LogP contribution < -0.4 is 5.32 Å². The van der Waals surface area contributed by atoms with Crippen LogP contribution in [0.4, 0.5) is 5.69 Å². The Kier molecular flexibility index (Phi) is 6.30. The fourth-order valence-electron chi connectivity index (χ4n) is 4.76. The van der Waals surface area contributed by atoms with E-state index in [1.807, 2.05) is 47.8 Å². The predicted molar refractivity (Wildman–Crippen MR) is 136 cm³/mol. The van der Waals surface area contributed by atoms with Gasteiger partial charge in [0.1, 0.15) is 0 Å². The SMILES string of the molecule is Cc1nc2c3ccccc3nn2c(C)c1CCC(=O)Nc1ccc(CN2CCN(C)CC2)cc1. The summed E-state index contributed by atoms with van der Waals surface area (Å²) in [5.74, 6) is 0.0105. The molecule has 2 aromatic heterocycles. The van der Waals surface area contributed by atoms with E-state index in [-0.39, 0.29) is 5.91 Å². The lowest BCUT2D eigenvalue weighted by Crippen LogP contribution is -2.43. The Morgan fingerprint density at radius 3 is 2.50 bits per heavy atom. The highest BCUT2D eigenvalue weighted by Gasteiger charge is 2.16. The number of amides is 1. The summed E-state index contributed by atoms with van der Waals surface area (Å²) in [5.41, 5.74) is 7.00. The Morgan fingerprint density at radius 2 is 1.74 bits per heavy atom. The molecule has 34 heavy (non-hydrogen) atoms. The molecule has 0 unspecified atom stereocenters. The highest BCUT2D eigenvalue weighted by atomic mass is 16.1. The van der Waals surface area contributed by atoms with E-state index in [0.29, 0.717) is 12.8 Å². The van der Waals surface area contributed by atoms with Gasteiger partial charge in [-0.3, -0.25) is 9.69 Å². The van der Waals surface area contributed by atoms with E-state index in [2.05, 4.69) is 41.2 Å². The first-order valence-corrected chi connectivity index (χ1v) is 12.0. The van der Waals surface area contributed by atoms with Gasteiger partial charge in [0.15, 0.2) is 5.65 Å². The van der Waals surface area contributed by atoms with Gasteiger partial charge in [-0.25, -0.2) is 9.50 Å². The maximum absolute atomic E-state index is 12.7. The summed E-state index contributed by atoms with van der Waals surface area (Å²) in [7, 11) is 2.17. The molecule has 7 heteroatoms. The molecule has 1 fully saturated rings. The topological polar surface area (TPSA) is 65.8 Å². The Morgan fingerprint density at radius 1 is 1.00 bits per heavy atom. The van der Waals surface area contributed by atoms with Crippen LogP contribution in [0.15, 0.2) is 48.5 Å². The average molecular weight is 457 g/mol. The van der Waals surface area contributed by atoms with E-state index in [1.54, 1.807) is 0 Å². The minimum atomic E-state index is 0.0105. The Bertz CT molecular complexity index is 1320. The number of hydrogen-bond donors (Lipinski definition) is 1. The van der Waals surface area contributed by atoms with Crippen molar-refractivity contribution < 1.29 is 4.79 Å². The van der Waals surface area contributed by atoms with E-state index >= 15 is 0 Å². The number of benzene rings is 2. The average Bonchev–Trinajstić information content (AvgIpc) is 3.20. The van der Waals surface area contributed by atoms with Crippen molar-refractivity contribution in [1.29, 1.82) is 0 Å². The normalized spacial score (nSPS) is 15.3. The van der Waals surface area contributed by atoms with Gasteiger partial charge >= 0.3 is 0 Å². The summed E-state index contributed by atoms with van der Waals surface area (Å²) in [6.07, 6.45) is 1.03. The van der Waals surface area contributed by atoms with Gasteiger partial charge in [0.05, 0.1) is 5.52 Å². The van der Waals surface area contributed by atoms with Gasteiger partial charge in [-0.1, -0.05) is 24.3 Å². The lowest BCUT2D eigenvalue weighted by Gasteiger charge is -2.32. The molecule has 1 saturated heterocycles. The second-order valence-corrected chi connectivity index (χ2v) is 9.34. The van der Waals surface area contributed by atoms with E-state index in [9.17, 15) is 4.79 Å². The number of piperazine rings is 1. The zero-order valence-corrected chi connectivity index (χ0v) is 20.2. The summed E-state index contributed by atoms with van der Waals surface area (Å²) in [5, 5.41) is 8.81. The van der Waals surface area contributed by atoms with Crippen molar-refractivity contribution >= 4 is 28.1 Å². The third-order valence-electron chi connectivity index (χ3n) is 6.86. The van der Waals surface area contributed by atoms with Crippen molar-refractivity contribution in [2.45, 2.75) is 33.2 Å². The number of nitrogens with one attached hydrogen (secondary N) is 1. The zero-order valence-electron chi connectivity index (χ0n) is 20.2. The first-order chi connectivity index (χ1) is 16.5. The van der Waals surface area contributed by atoms with E-state index < -0.39 is 0 Å². The van der Waals surface area contributed by atoms with Crippen molar-refractivity contribution in [1.82, 2.24) is 24.4 Å². The number of aryl methyl sites for hydroxylation is 2. The van der Waals surface area contributed by atoms with E-state index in [4.69, 9.17) is 10.1 Å². The molecule has 4 aromatic rings. The lowest BCUT2D eigenvalue weighted by atomic mass is 10.1. The summed E-state index contributed by atoms with van der Waals surface area (Å²) in [4.78, 5) is 22.3. The van der Waals surface area contributed by atoms with Gasteiger partial charge in [-0.05, 0) is 62.7 Å². The second kappa shape index (κ2) is 9.52. The smallest absolute Gasteiger partial charge is 0.224 e. The van der Waals surface area contributed by atoms with Gasteiger partial charge in [0.25, 0.3) is 0 Å². The summed E-state index contributed by atoms with van der Waals surface area (Å²) < 4.78 is 1.91. The molecule has 7 nitrogen and oxygen atoms in total. The summed E-state index contributed by atoms with van der Waals surface area (Å²) in [6, 6.07) is 16.3. The third kappa shape index (κ3) is 4.67. The number of rotatable bonds is 6. The van der Waals surface area contributed by atoms with Crippen LogP contribution in [0, 0.1) is 13.8 Å². The molecule has 1 aliphatic heterocycles. The highest BCUT2D eigenvalue weighted by Crippen LogP contribution is 2.23. The van der Waals surface area contributed by atoms with Gasteiger partial charge in [-0.2, -0.15) is 5.10 Å². The van der Waals surface area contributed by atoms with E-state index in [0.717, 1.165) is 71.9 Å². The standard InChI is InChI=1S/C27H32N6O/c1-19-23(20(2)33-27(28-19)24-6-4-5-7-25(24)30-33)12-13-26(34)29-22-10-8-21(9-11-22)18-32-16-14-31(3)15-17-32/h4-11H,12-18H2,1-3H3,(H,29,34). The molecule has 0 bridgehead atoms. The van der Waals surface area contributed by atoms with E-state index in [1.165, 1.54) is 5.56 Å². The van der Waals surface area contributed by atoms with Crippen LogP contribution in [-0.4, -0.2) is 63.5 Å². The van der Waals surface area contributed by atoms with Gasteiger partial charge in [-0.15, -0.1) is 0 Å². The van der Waals surface area contributed by atoms with Gasteiger partial charge in [0, 0.05) is 61.6 Å². The van der Waals surface area contributed by atoms with Crippen LogP contribution in [-0.2, 0) is 17.8 Å². The van der Waals surface area contributed by atoms with Crippen LogP contribution in [0.5, 0.6) is 0 Å². The quantitative estimate of drug-likeness (QED) is 0.478. The summed E-state index contributed by atoms with van der Waals surface area (Å²) >= 11 is 0. The molecule has 1 aliphatic rings. The molecule has 1 amide bonds. The fraction of sp³-hybridized carbons (Fsp3) is 0.370. The van der Waals surface area contributed by atoms with Gasteiger partial charge in [0.2, 0.25) is 5.91 Å². The molecule has 0 radical (unpaired) electrons. The molecular formula is C27H32N6O. The summed E-state index contributed by atoms with van der Waals surface area (Å²) in [6.45, 7) is 9.46. The number of fused-ring (bicyclic) bond motifs is 3. The van der Waals surface area contributed by atoms with Crippen molar-refractivity contribution in [2.24, 2.45) is 0 Å². The van der Waals surface area contributed by atoms with Crippen LogP contribution in [0.2, 0.25) is 0 Å². The predicted octanol–water partition coefficient (Wildman–Crippen LogP) is 3.82. The number of likely N-dealkylation sites (N-methyl/N-ethyl adjacent to an activating group) is 1. The molecule has 2 aromatic carbocycles. The monoisotopic (exact) mass is 456 g/mol. The number of nitrogens with zero attached hydrogens (tertiary/aromatic N) is 5. The molecule has 1 N–H and O–H groups in total. The molecular weight excluding hydrogens is 424 g/mol. The minimum Gasteiger partial charge on any atom is -0.326 e. The first-order valence-electron chi connectivity index (χ1n) is 12.0. The van der Waals surface area contributed by atoms with Crippen molar-refractivity contribution in [3.05, 3.63) is 71.0 Å². The van der Waals surface area contributed by atoms with Crippen molar-refractivity contribution in [3.8, 4) is 0 Å². The number of aromatic nitrogens is 3. The second-order valence-electron chi connectivity index (χ2n) is 9.34. The molecule has 5 rings (SSSR count). The molecule has 0 atom stereocenters. The van der Waals surface area contributed by atoms with Crippen LogP contribution in [0.1, 0.15) is 28.9 Å². The maximum atomic E-state index is 12.7. The number of carbonyl (C=O) groups excluding carboxylic acids is 1. The maximum Gasteiger partial charge on any atom is 0.224 e. The Balaban J connectivity index is 1.21. The molecule has 3 heterocycles. The Labute approximate surface area is 200 Å². The number of carbonyl (C=O) groups is 1. The highest BCUT2D eigenvalue weighted by molar-refractivity contribution is 5.92. The lowest BCUT2D eigenvalue weighted by molar-refractivity contribution is -0.116. The molecule has 0 spiro atoms. The van der Waals surface area contributed by atoms with Crippen LogP contribution >= 0.6 is 0 Å². The van der Waals surface area contributed by atoms with Crippen molar-refractivity contribution in [3.63, 3.8) is 0 Å². The van der Waals surface area contributed by atoms with Crippen LogP contribution in [0.25, 0.3) is 16.6 Å². The van der Waals surface area contributed by atoms with Crippen molar-refractivity contribution in [2.75, 3.05) is 38.5 Å². The zero-order chi connectivity index (χ0) is 23.7. The molecule has 176 valence electrons. The van der Waals surface area contributed by atoms with Gasteiger partial charge < -0.3 is 10.2 Å². The number of hydrogen-bond acceptors (Lipinski definition) is 5. The largest absolute Gasteiger partial charge is 0.326 e. The van der Waals surface area contributed by atoms with Crippen LogP contribution in [0.3, 0.4) is 0 Å². The first kappa shape index (κ1) is 22.5. The fourth-order valence-corrected chi connectivity index (χ4v) is 4.76. The Hall–Kier alpha value is -3.29.